The van der Waals surface area contributed by atoms with Crippen molar-refractivity contribution in [2.75, 3.05) is 27.4 Å². The van der Waals surface area contributed by atoms with Crippen molar-refractivity contribution in [2.45, 2.75) is 6.54 Å². The van der Waals surface area contributed by atoms with Gasteiger partial charge in [-0.25, -0.2) is 0 Å². The highest BCUT2D eigenvalue weighted by atomic mass is 35.5. The lowest BCUT2D eigenvalue weighted by atomic mass is 10.1. The number of rotatable bonds is 5. The summed E-state index contributed by atoms with van der Waals surface area (Å²) < 4.78 is 16.4. The standard InChI is InChI=1S/C20H20ClNO4/c1-22(13-14-3-6-18-19(11-14)26-10-9-25-18)20(23)8-4-15-12-16(21)5-7-17(15)24-2/h3-8,11-12H,9-10,13H2,1-2H3/b8-4+. The Kier molecular flexibility index (Phi) is 5.68. The fourth-order valence-electron chi connectivity index (χ4n) is 2.66. The molecule has 3 rings (SSSR count). The van der Waals surface area contributed by atoms with E-state index in [0.29, 0.717) is 36.3 Å². The molecule has 0 radical (unpaired) electrons. The first kappa shape index (κ1) is 18.1. The molecular formula is C20H20ClNO4. The van der Waals surface area contributed by atoms with E-state index in [9.17, 15) is 4.79 Å². The predicted octanol–water partition coefficient (Wildman–Crippen LogP) is 3.79. The summed E-state index contributed by atoms with van der Waals surface area (Å²) in [6, 6.07) is 11.0. The van der Waals surface area contributed by atoms with E-state index in [1.807, 2.05) is 18.2 Å². The Labute approximate surface area is 157 Å². The maximum atomic E-state index is 12.4. The molecule has 0 saturated heterocycles. The predicted molar refractivity (Wildman–Crippen MR) is 101 cm³/mol. The Morgan fingerprint density at radius 2 is 1.96 bits per heavy atom. The van der Waals surface area contributed by atoms with Gasteiger partial charge in [0, 0.05) is 30.3 Å². The normalized spacial score (nSPS) is 12.9. The van der Waals surface area contributed by atoms with Gasteiger partial charge in [0.25, 0.3) is 0 Å². The van der Waals surface area contributed by atoms with Gasteiger partial charge in [0.2, 0.25) is 5.91 Å². The molecule has 0 fully saturated rings. The zero-order valence-electron chi connectivity index (χ0n) is 14.7. The second kappa shape index (κ2) is 8.15. The van der Waals surface area contributed by atoms with Gasteiger partial charge in [-0.15, -0.1) is 0 Å². The third-order valence-electron chi connectivity index (χ3n) is 4.00. The third-order valence-corrected chi connectivity index (χ3v) is 4.23. The van der Waals surface area contributed by atoms with Gasteiger partial charge in [-0.3, -0.25) is 4.79 Å². The molecular weight excluding hydrogens is 354 g/mol. The number of hydrogen-bond acceptors (Lipinski definition) is 4. The van der Waals surface area contributed by atoms with Gasteiger partial charge in [0.1, 0.15) is 19.0 Å². The van der Waals surface area contributed by atoms with Crippen molar-refractivity contribution < 1.29 is 19.0 Å². The molecule has 5 nitrogen and oxygen atoms in total. The molecule has 136 valence electrons. The van der Waals surface area contributed by atoms with E-state index >= 15 is 0 Å². The molecule has 2 aromatic rings. The van der Waals surface area contributed by atoms with Gasteiger partial charge in [-0.1, -0.05) is 17.7 Å². The van der Waals surface area contributed by atoms with E-state index in [0.717, 1.165) is 16.9 Å². The summed E-state index contributed by atoms with van der Waals surface area (Å²) in [6.07, 6.45) is 3.21. The van der Waals surface area contributed by atoms with Crippen LogP contribution in [0.3, 0.4) is 0 Å². The molecule has 6 heteroatoms. The maximum Gasteiger partial charge on any atom is 0.246 e. The molecule has 0 saturated carbocycles. The first-order valence-electron chi connectivity index (χ1n) is 8.22. The van der Waals surface area contributed by atoms with Gasteiger partial charge < -0.3 is 19.1 Å². The molecule has 2 aromatic carbocycles. The number of carbonyl (C=O) groups excluding carboxylic acids is 1. The van der Waals surface area contributed by atoms with Gasteiger partial charge in [0.15, 0.2) is 11.5 Å². The Morgan fingerprint density at radius 3 is 2.73 bits per heavy atom. The van der Waals surface area contributed by atoms with Gasteiger partial charge in [-0.05, 0) is 42.0 Å². The first-order valence-corrected chi connectivity index (χ1v) is 8.60. The molecule has 0 aromatic heterocycles. The lowest BCUT2D eigenvalue weighted by molar-refractivity contribution is -0.125. The number of ether oxygens (including phenoxy) is 3. The number of carbonyl (C=O) groups is 1. The molecule has 0 atom stereocenters. The topological polar surface area (TPSA) is 48.0 Å². The number of benzene rings is 2. The van der Waals surface area contributed by atoms with E-state index in [1.54, 1.807) is 43.3 Å². The quantitative estimate of drug-likeness (QED) is 0.748. The molecule has 0 bridgehead atoms. The Hall–Kier alpha value is -2.66. The Bertz CT molecular complexity index is 835. The Balaban J connectivity index is 1.67. The van der Waals surface area contributed by atoms with Crippen LogP contribution in [0, 0.1) is 0 Å². The summed E-state index contributed by atoms with van der Waals surface area (Å²) in [5.74, 6) is 1.99. The van der Waals surface area contributed by atoms with Gasteiger partial charge in [-0.2, -0.15) is 0 Å². The van der Waals surface area contributed by atoms with E-state index < -0.39 is 0 Å². The summed E-state index contributed by atoms with van der Waals surface area (Å²) in [4.78, 5) is 14.0. The number of halogens is 1. The molecule has 0 spiro atoms. The summed E-state index contributed by atoms with van der Waals surface area (Å²) >= 11 is 6.01. The van der Waals surface area contributed by atoms with Gasteiger partial charge in [0.05, 0.1) is 7.11 Å². The lowest BCUT2D eigenvalue weighted by Crippen LogP contribution is -2.24. The Morgan fingerprint density at radius 1 is 1.19 bits per heavy atom. The highest BCUT2D eigenvalue weighted by Gasteiger charge is 2.13. The van der Waals surface area contributed by atoms with E-state index in [2.05, 4.69) is 0 Å². The van der Waals surface area contributed by atoms with Crippen LogP contribution >= 0.6 is 11.6 Å². The number of methoxy groups -OCH3 is 1. The van der Waals surface area contributed by atoms with Crippen LogP contribution in [0.1, 0.15) is 11.1 Å². The second-order valence-electron chi connectivity index (χ2n) is 5.89. The maximum absolute atomic E-state index is 12.4. The molecule has 1 amide bonds. The number of hydrogen-bond donors (Lipinski definition) is 0. The minimum absolute atomic E-state index is 0.123. The summed E-state index contributed by atoms with van der Waals surface area (Å²) in [7, 11) is 3.33. The van der Waals surface area contributed by atoms with Gasteiger partial charge >= 0.3 is 0 Å². The SMILES string of the molecule is COc1ccc(Cl)cc1/C=C/C(=O)N(C)Cc1ccc2c(c1)OCCO2. The minimum atomic E-state index is -0.123. The molecule has 0 aliphatic carbocycles. The van der Waals surface area contributed by atoms with Crippen LogP contribution in [0.5, 0.6) is 17.2 Å². The average Bonchev–Trinajstić information content (AvgIpc) is 2.66. The second-order valence-corrected chi connectivity index (χ2v) is 6.33. The fraction of sp³-hybridized carbons (Fsp3) is 0.250. The van der Waals surface area contributed by atoms with Crippen LogP contribution in [0.2, 0.25) is 5.02 Å². The summed E-state index contributed by atoms with van der Waals surface area (Å²) in [5, 5.41) is 0.586. The van der Waals surface area contributed by atoms with Crippen LogP contribution in [0.4, 0.5) is 0 Å². The molecule has 26 heavy (non-hydrogen) atoms. The first-order chi connectivity index (χ1) is 12.6. The fourth-order valence-corrected chi connectivity index (χ4v) is 2.84. The van der Waals surface area contributed by atoms with Crippen LogP contribution in [-0.2, 0) is 11.3 Å². The van der Waals surface area contributed by atoms with Crippen molar-refractivity contribution in [3.63, 3.8) is 0 Å². The van der Waals surface area contributed by atoms with Crippen molar-refractivity contribution in [3.8, 4) is 17.2 Å². The van der Waals surface area contributed by atoms with Crippen molar-refractivity contribution in [1.29, 1.82) is 0 Å². The van der Waals surface area contributed by atoms with Crippen LogP contribution in [0.25, 0.3) is 6.08 Å². The number of amides is 1. The molecule has 1 aliphatic rings. The number of likely N-dealkylation sites (N-methyl/N-ethyl adjacent to an activating group) is 1. The monoisotopic (exact) mass is 373 g/mol. The molecule has 0 unspecified atom stereocenters. The van der Waals surface area contributed by atoms with E-state index in [4.69, 9.17) is 25.8 Å². The molecule has 0 N–H and O–H groups in total. The van der Waals surface area contributed by atoms with Crippen LogP contribution in [-0.4, -0.2) is 38.2 Å². The largest absolute Gasteiger partial charge is 0.496 e. The van der Waals surface area contributed by atoms with Crippen molar-refractivity contribution in [2.24, 2.45) is 0 Å². The van der Waals surface area contributed by atoms with Crippen LogP contribution < -0.4 is 14.2 Å². The zero-order valence-corrected chi connectivity index (χ0v) is 15.5. The van der Waals surface area contributed by atoms with Crippen molar-refractivity contribution in [1.82, 2.24) is 4.90 Å². The van der Waals surface area contributed by atoms with Crippen molar-refractivity contribution >= 4 is 23.6 Å². The third kappa shape index (κ3) is 4.29. The lowest BCUT2D eigenvalue weighted by Gasteiger charge is -2.20. The minimum Gasteiger partial charge on any atom is -0.496 e. The molecule has 1 heterocycles. The van der Waals surface area contributed by atoms with E-state index in [-0.39, 0.29) is 5.91 Å². The average molecular weight is 374 g/mol. The smallest absolute Gasteiger partial charge is 0.246 e. The summed E-state index contributed by atoms with van der Waals surface area (Å²) in [6.45, 7) is 1.56. The summed E-state index contributed by atoms with van der Waals surface area (Å²) in [5.41, 5.74) is 1.72. The zero-order chi connectivity index (χ0) is 18.5. The number of fused-ring (bicyclic) bond motifs is 1. The highest BCUT2D eigenvalue weighted by Crippen LogP contribution is 2.31. The number of nitrogens with zero attached hydrogens (tertiary/aromatic N) is 1. The van der Waals surface area contributed by atoms with Crippen LogP contribution in [0.15, 0.2) is 42.5 Å². The van der Waals surface area contributed by atoms with E-state index in [1.165, 1.54) is 6.08 Å². The van der Waals surface area contributed by atoms with Crippen molar-refractivity contribution in [3.05, 3.63) is 58.6 Å². The molecule has 1 aliphatic heterocycles. The highest BCUT2D eigenvalue weighted by molar-refractivity contribution is 6.30.